The minimum atomic E-state index is 0.552. The highest BCUT2D eigenvalue weighted by Gasteiger charge is 1.98. The van der Waals surface area contributed by atoms with Gasteiger partial charge in [-0.2, -0.15) is 0 Å². The first-order valence-corrected chi connectivity index (χ1v) is 3.86. The van der Waals surface area contributed by atoms with E-state index in [9.17, 15) is 0 Å². The van der Waals surface area contributed by atoms with E-state index in [1.807, 2.05) is 19.4 Å². The van der Waals surface area contributed by atoms with Gasteiger partial charge in [0.1, 0.15) is 0 Å². The molecule has 1 aromatic heterocycles. The van der Waals surface area contributed by atoms with Gasteiger partial charge in [-0.05, 0) is 17.5 Å². The Morgan fingerprint density at radius 3 is 2.64 bits per heavy atom. The molecule has 0 radical (unpaired) electrons. The maximum Gasteiger partial charge on any atom is 0.0526 e. The number of aromatic nitrogens is 1. The van der Waals surface area contributed by atoms with Crippen molar-refractivity contribution in [1.29, 1.82) is 0 Å². The minimum Gasteiger partial charge on any atom is -0.387 e. The first-order chi connectivity index (χ1) is 5.24. The van der Waals surface area contributed by atoms with Gasteiger partial charge in [0.2, 0.25) is 0 Å². The van der Waals surface area contributed by atoms with Crippen molar-refractivity contribution >= 4 is 5.69 Å². The number of anilines is 1. The van der Waals surface area contributed by atoms with Crippen molar-refractivity contribution in [3.8, 4) is 0 Å². The van der Waals surface area contributed by atoms with E-state index < -0.39 is 0 Å². The first-order valence-electron chi connectivity index (χ1n) is 3.86. The third-order valence-electron chi connectivity index (χ3n) is 1.71. The second kappa shape index (κ2) is 3.37. The summed E-state index contributed by atoms with van der Waals surface area (Å²) in [6.45, 7) is 4.33. The van der Waals surface area contributed by atoms with E-state index in [1.54, 1.807) is 0 Å². The third kappa shape index (κ3) is 1.93. The van der Waals surface area contributed by atoms with E-state index in [0.29, 0.717) is 5.92 Å². The summed E-state index contributed by atoms with van der Waals surface area (Å²) in [6.07, 6.45) is 3.73. The molecule has 0 saturated carbocycles. The molecule has 1 N–H and O–H groups in total. The second-order valence-corrected chi connectivity index (χ2v) is 2.91. The molecule has 11 heavy (non-hydrogen) atoms. The van der Waals surface area contributed by atoms with Gasteiger partial charge in [-0.1, -0.05) is 13.8 Å². The zero-order valence-corrected chi connectivity index (χ0v) is 7.26. The lowest BCUT2D eigenvalue weighted by molar-refractivity contribution is 0.858. The molecule has 2 heteroatoms. The van der Waals surface area contributed by atoms with Crippen LogP contribution in [0.2, 0.25) is 0 Å². The molecule has 1 heterocycles. The SMILES string of the molecule is CNc1cncc(C(C)C)c1. The van der Waals surface area contributed by atoms with Gasteiger partial charge >= 0.3 is 0 Å². The van der Waals surface area contributed by atoms with Crippen LogP contribution in [0, 0.1) is 0 Å². The third-order valence-corrected chi connectivity index (χ3v) is 1.71. The zero-order valence-electron chi connectivity index (χ0n) is 7.26. The quantitative estimate of drug-likeness (QED) is 0.699. The molecular formula is C9H14N2. The monoisotopic (exact) mass is 150 g/mol. The van der Waals surface area contributed by atoms with Gasteiger partial charge in [0.25, 0.3) is 0 Å². The van der Waals surface area contributed by atoms with Crippen LogP contribution in [-0.2, 0) is 0 Å². The Balaban J connectivity index is 2.91. The van der Waals surface area contributed by atoms with Gasteiger partial charge in [0, 0.05) is 19.4 Å². The fourth-order valence-corrected chi connectivity index (χ4v) is 0.910. The first kappa shape index (κ1) is 8.05. The summed E-state index contributed by atoms with van der Waals surface area (Å²) in [5, 5.41) is 3.06. The standard InChI is InChI=1S/C9H14N2/c1-7(2)8-4-9(10-3)6-11-5-8/h4-7,10H,1-3H3. The summed E-state index contributed by atoms with van der Waals surface area (Å²) in [6, 6.07) is 2.12. The van der Waals surface area contributed by atoms with Crippen molar-refractivity contribution in [2.75, 3.05) is 12.4 Å². The maximum atomic E-state index is 4.11. The molecule has 0 aliphatic rings. The fourth-order valence-electron chi connectivity index (χ4n) is 0.910. The molecule has 0 bridgehead atoms. The van der Waals surface area contributed by atoms with E-state index in [0.717, 1.165) is 5.69 Å². The van der Waals surface area contributed by atoms with Crippen LogP contribution in [0.15, 0.2) is 18.5 Å². The lowest BCUT2D eigenvalue weighted by atomic mass is 10.1. The molecular weight excluding hydrogens is 136 g/mol. The Bertz CT molecular complexity index is 231. The Kier molecular flexibility index (Phi) is 2.47. The van der Waals surface area contributed by atoms with Crippen LogP contribution < -0.4 is 5.32 Å². The molecule has 0 aliphatic heterocycles. The van der Waals surface area contributed by atoms with Crippen molar-refractivity contribution in [3.05, 3.63) is 24.0 Å². The normalized spacial score (nSPS) is 10.2. The molecule has 0 aliphatic carbocycles. The van der Waals surface area contributed by atoms with Crippen LogP contribution in [0.1, 0.15) is 25.3 Å². The number of hydrogen-bond donors (Lipinski definition) is 1. The van der Waals surface area contributed by atoms with Crippen LogP contribution >= 0.6 is 0 Å². The van der Waals surface area contributed by atoms with Crippen molar-refractivity contribution < 1.29 is 0 Å². The van der Waals surface area contributed by atoms with E-state index in [4.69, 9.17) is 0 Å². The summed E-state index contributed by atoms with van der Waals surface area (Å²) in [4.78, 5) is 4.11. The van der Waals surface area contributed by atoms with Gasteiger partial charge in [0.15, 0.2) is 0 Å². The lowest BCUT2D eigenvalue weighted by Crippen LogP contribution is -1.93. The molecule has 0 amide bonds. The molecule has 0 atom stereocenters. The molecule has 2 nitrogen and oxygen atoms in total. The number of nitrogens with zero attached hydrogens (tertiary/aromatic N) is 1. The van der Waals surface area contributed by atoms with Crippen LogP contribution in [0.3, 0.4) is 0 Å². The molecule has 1 rings (SSSR count). The van der Waals surface area contributed by atoms with Crippen molar-refractivity contribution in [2.45, 2.75) is 19.8 Å². The van der Waals surface area contributed by atoms with E-state index in [-0.39, 0.29) is 0 Å². The Morgan fingerprint density at radius 2 is 2.09 bits per heavy atom. The average molecular weight is 150 g/mol. The number of hydrogen-bond acceptors (Lipinski definition) is 2. The van der Waals surface area contributed by atoms with Crippen LogP contribution in [0.25, 0.3) is 0 Å². The summed E-state index contributed by atoms with van der Waals surface area (Å²) in [5.74, 6) is 0.552. The topological polar surface area (TPSA) is 24.9 Å². The predicted octanol–water partition coefficient (Wildman–Crippen LogP) is 2.25. The molecule has 0 spiro atoms. The van der Waals surface area contributed by atoms with Crippen molar-refractivity contribution in [1.82, 2.24) is 4.98 Å². The van der Waals surface area contributed by atoms with Gasteiger partial charge < -0.3 is 5.32 Å². The molecule has 0 aromatic carbocycles. The second-order valence-electron chi connectivity index (χ2n) is 2.91. The summed E-state index contributed by atoms with van der Waals surface area (Å²) >= 11 is 0. The molecule has 0 saturated heterocycles. The summed E-state index contributed by atoms with van der Waals surface area (Å²) in [7, 11) is 1.90. The molecule has 0 fully saturated rings. The Morgan fingerprint density at radius 1 is 1.36 bits per heavy atom. The van der Waals surface area contributed by atoms with Crippen molar-refractivity contribution in [3.63, 3.8) is 0 Å². The minimum absolute atomic E-state index is 0.552. The molecule has 1 aromatic rings. The number of pyridine rings is 1. The largest absolute Gasteiger partial charge is 0.387 e. The number of nitrogens with one attached hydrogen (secondary N) is 1. The predicted molar refractivity (Wildman–Crippen MR) is 47.9 cm³/mol. The van der Waals surface area contributed by atoms with Crippen LogP contribution in [0.5, 0.6) is 0 Å². The van der Waals surface area contributed by atoms with E-state index >= 15 is 0 Å². The number of rotatable bonds is 2. The highest BCUT2D eigenvalue weighted by Crippen LogP contribution is 2.15. The smallest absolute Gasteiger partial charge is 0.0526 e. The summed E-state index contributed by atoms with van der Waals surface area (Å²) in [5.41, 5.74) is 2.35. The van der Waals surface area contributed by atoms with Crippen LogP contribution in [-0.4, -0.2) is 12.0 Å². The van der Waals surface area contributed by atoms with Gasteiger partial charge in [-0.25, -0.2) is 0 Å². The maximum absolute atomic E-state index is 4.11. The highest BCUT2D eigenvalue weighted by atomic mass is 14.8. The van der Waals surface area contributed by atoms with Crippen LogP contribution in [0.4, 0.5) is 5.69 Å². The van der Waals surface area contributed by atoms with Crippen molar-refractivity contribution in [2.24, 2.45) is 0 Å². The molecule has 60 valence electrons. The summed E-state index contributed by atoms with van der Waals surface area (Å²) < 4.78 is 0. The van der Waals surface area contributed by atoms with Gasteiger partial charge in [-0.15, -0.1) is 0 Å². The Hall–Kier alpha value is -1.05. The van der Waals surface area contributed by atoms with Gasteiger partial charge in [0.05, 0.1) is 5.69 Å². The Labute approximate surface area is 67.7 Å². The van der Waals surface area contributed by atoms with Gasteiger partial charge in [-0.3, -0.25) is 4.98 Å². The zero-order chi connectivity index (χ0) is 8.27. The van der Waals surface area contributed by atoms with E-state index in [2.05, 4.69) is 30.2 Å². The molecule has 0 unspecified atom stereocenters. The lowest BCUT2D eigenvalue weighted by Gasteiger charge is -2.05. The average Bonchev–Trinajstić information content (AvgIpc) is 2.05. The highest BCUT2D eigenvalue weighted by molar-refractivity contribution is 5.42. The van der Waals surface area contributed by atoms with E-state index in [1.165, 1.54) is 5.56 Å². The fraction of sp³-hybridized carbons (Fsp3) is 0.444.